The van der Waals surface area contributed by atoms with Crippen LogP contribution in [-0.2, 0) is 0 Å². The Bertz CT molecular complexity index is 851. The number of nitrogens with one attached hydrogen (secondary N) is 1. The summed E-state index contributed by atoms with van der Waals surface area (Å²) >= 11 is 5.78. The number of ether oxygens (including phenoxy) is 1. The zero-order chi connectivity index (χ0) is 15.7. The average Bonchev–Trinajstić information content (AvgIpc) is 2.78. The van der Waals surface area contributed by atoms with E-state index in [-0.39, 0.29) is 10.7 Å². The first-order valence-electron chi connectivity index (χ1n) is 6.41. The van der Waals surface area contributed by atoms with Gasteiger partial charge in [-0.1, -0.05) is 11.6 Å². The van der Waals surface area contributed by atoms with Crippen LogP contribution in [0.4, 0.5) is 4.39 Å². The van der Waals surface area contributed by atoms with Gasteiger partial charge in [-0.05, 0) is 43.3 Å². The van der Waals surface area contributed by atoms with E-state index in [1.54, 1.807) is 31.2 Å². The fourth-order valence-corrected chi connectivity index (χ4v) is 2.28. The van der Waals surface area contributed by atoms with Crippen molar-refractivity contribution < 1.29 is 9.13 Å². The van der Waals surface area contributed by atoms with E-state index >= 15 is 0 Å². The number of aryl methyl sites for hydroxylation is 1. The molecule has 0 unspecified atom stereocenters. The Morgan fingerprint density at radius 2 is 1.91 bits per heavy atom. The van der Waals surface area contributed by atoms with Gasteiger partial charge in [0.2, 0.25) is 0 Å². The van der Waals surface area contributed by atoms with Crippen molar-refractivity contribution in [2.75, 3.05) is 0 Å². The zero-order valence-corrected chi connectivity index (χ0v) is 12.3. The first kappa shape index (κ1) is 14.3. The summed E-state index contributed by atoms with van der Waals surface area (Å²) in [5.41, 5.74) is 0.337. The molecule has 7 heteroatoms. The Balaban J connectivity index is 1.87. The molecule has 3 rings (SSSR count). The van der Waals surface area contributed by atoms with Crippen LogP contribution in [0.1, 0.15) is 5.82 Å². The smallest absolute Gasteiger partial charge is 0.347 e. The number of H-pyrrole nitrogens is 1. The Kier molecular flexibility index (Phi) is 3.68. The topological polar surface area (TPSA) is 59.9 Å². The molecule has 0 aliphatic rings. The van der Waals surface area contributed by atoms with E-state index in [4.69, 9.17) is 16.3 Å². The summed E-state index contributed by atoms with van der Waals surface area (Å²) in [4.78, 5) is 11.6. The molecule has 22 heavy (non-hydrogen) atoms. The van der Waals surface area contributed by atoms with Crippen LogP contribution in [0.15, 0.2) is 47.3 Å². The van der Waals surface area contributed by atoms with Gasteiger partial charge in [-0.15, -0.1) is 0 Å². The van der Waals surface area contributed by atoms with Crippen molar-refractivity contribution in [1.82, 2.24) is 14.8 Å². The fraction of sp³-hybridized carbons (Fsp3) is 0.0667. The summed E-state index contributed by atoms with van der Waals surface area (Å²) in [7, 11) is 0. The highest BCUT2D eigenvalue weighted by molar-refractivity contribution is 6.30. The van der Waals surface area contributed by atoms with E-state index in [9.17, 15) is 9.18 Å². The van der Waals surface area contributed by atoms with Crippen molar-refractivity contribution in [3.05, 3.63) is 69.6 Å². The summed E-state index contributed by atoms with van der Waals surface area (Å²) in [6.07, 6.45) is 0. The second-order valence-electron chi connectivity index (χ2n) is 4.61. The van der Waals surface area contributed by atoms with E-state index in [2.05, 4.69) is 10.2 Å². The maximum atomic E-state index is 13.3. The first-order chi connectivity index (χ1) is 10.5. The van der Waals surface area contributed by atoms with Crippen molar-refractivity contribution in [3.63, 3.8) is 0 Å². The number of hydrogen-bond donors (Lipinski definition) is 1. The number of hydrogen-bond acceptors (Lipinski definition) is 3. The van der Waals surface area contributed by atoms with Gasteiger partial charge in [0.15, 0.2) is 0 Å². The molecule has 0 amide bonds. The van der Waals surface area contributed by atoms with Crippen LogP contribution >= 0.6 is 11.6 Å². The molecule has 0 spiro atoms. The molecule has 3 aromatic rings. The molecule has 0 aliphatic carbocycles. The molecule has 112 valence electrons. The minimum absolute atomic E-state index is 0.257. The van der Waals surface area contributed by atoms with E-state index in [0.29, 0.717) is 23.0 Å². The largest absolute Gasteiger partial charge is 0.457 e. The number of nitrogens with zero attached hydrogens (tertiary/aromatic N) is 2. The van der Waals surface area contributed by atoms with Crippen LogP contribution in [-0.4, -0.2) is 14.8 Å². The molecule has 0 fully saturated rings. The fourth-order valence-electron chi connectivity index (χ4n) is 2.07. The molecular formula is C15H11ClFN3O2. The quantitative estimate of drug-likeness (QED) is 0.804. The molecule has 0 aliphatic heterocycles. The molecule has 0 bridgehead atoms. The van der Waals surface area contributed by atoms with Crippen LogP contribution in [0.2, 0.25) is 5.02 Å². The monoisotopic (exact) mass is 319 g/mol. The lowest BCUT2D eigenvalue weighted by molar-refractivity contribution is 0.476. The first-order valence-corrected chi connectivity index (χ1v) is 6.79. The maximum absolute atomic E-state index is 13.3. The van der Waals surface area contributed by atoms with Gasteiger partial charge in [0.1, 0.15) is 23.1 Å². The molecule has 0 saturated carbocycles. The van der Waals surface area contributed by atoms with Crippen LogP contribution in [0.5, 0.6) is 11.5 Å². The summed E-state index contributed by atoms with van der Waals surface area (Å²) in [5, 5.41) is 6.47. The third-order valence-corrected chi connectivity index (χ3v) is 3.22. The van der Waals surface area contributed by atoms with Crippen molar-refractivity contribution in [2.24, 2.45) is 0 Å². The second kappa shape index (κ2) is 5.65. The molecule has 2 aromatic carbocycles. The summed E-state index contributed by atoms with van der Waals surface area (Å²) in [6, 6.07) is 10.7. The van der Waals surface area contributed by atoms with Crippen LogP contribution in [0.3, 0.4) is 0 Å². The Morgan fingerprint density at radius 3 is 2.50 bits per heavy atom. The molecule has 1 aromatic heterocycles. The predicted molar refractivity (Wildman–Crippen MR) is 80.4 cm³/mol. The van der Waals surface area contributed by atoms with Gasteiger partial charge >= 0.3 is 5.69 Å². The van der Waals surface area contributed by atoms with Gasteiger partial charge in [0, 0.05) is 11.1 Å². The van der Waals surface area contributed by atoms with Crippen molar-refractivity contribution in [3.8, 4) is 17.2 Å². The van der Waals surface area contributed by atoms with Crippen molar-refractivity contribution in [1.29, 1.82) is 0 Å². The molecule has 0 saturated heterocycles. The number of rotatable bonds is 3. The molecular weight excluding hydrogens is 309 g/mol. The van der Waals surface area contributed by atoms with Crippen LogP contribution in [0, 0.1) is 12.7 Å². The lowest BCUT2D eigenvalue weighted by Gasteiger charge is -2.08. The van der Waals surface area contributed by atoms with E-state index in [0.717, 1.165) is 0 Å². The Labute approximate surface area is 129 Å². The van der Waals surface area contributed by atoms with Crippen LogP contribution in [0.25, 0.3) is 5.69 Å². The second-order valence-corrected chi connectivity index (χ2v) is 5.05. The van der Waals surface area contributed by atoms with Crippen molar-refractivity contribution in [2.45, 2.75) is 6.92 Å². The highest BCUT2D eigenvalue weighted by Crippen LogP contribution is 2.26. The molecule has 1 heterocycles. The minimum atomic E-state index is -0.473. The lowest BCUT2D eigenvalue weighted by atomic mass is 10.3. The third-order valence-electron chi connectivity index (χ3n) is 3.01. The normalized spacial score (nSPS) is 10.7. The molecule has 1 N–H and O–H groups in total. The number of benzene rings is 2. The number of aromatic amines is 1. The highest BCUT2D eigenvalue weighted by atomic mass is 35.5. The van der Waals surface area contributed by atoms with Gasteiger partial charge in [-0.25, -0.2) is 18.9 Å². The van der Waals surface area contributed by atoms with Gasteiger partial charge in [-0.2, -0.15) is 5.10 Å². The summed E-state index contributed by atoms with van der Waals surface area (Å²) in [6.45, 7) is 1.72. The van der Waals surface area contributed by atoms with E-state index in [1.807, 2.05) is 0 Å². The molecule has 0 atom stereocenters. The average molecular weight is 320 g/mol. The van der Waals surface area contributed by atoms with Gasteiger partial charge in [0.25, 0.3) is 0 Å². The maximum Gasteiger partial charge on any atom is 0.347 e. The molecule has 0 radical (unpaired) electrons. The van der Waals surface area contributed by atoms with Crippen molar-refractivity contribution >= 4 is 11.6 Å². The number of aromatic nitrogens is 3. The van der Waals surface area contributed by atoms with E-state index in [1.165, 1.54) is 22.8 Å². The zero-order valence-electron chi connectivity index (χ0n) is 11.5. The SMILES string of the molecule is Cc1n[nH]c(=O)n1-c1ccc(Oc2cc(F)cc(Cl)c2)cc1. The summed E-state index contributed by atoms with van der Waals surface area (Å²) < 4.78 is 20.2. The van der Waals surface area contributed by atoms with Crippen LogP contribution < -0.4 is 10.4 Å². The van der Waals surface area contributed by atoms with Gasteiger partial charge < -0.3 is 4.74 Å². The van der Waals surface area contributed by atoms with E-state index < -0.39 is 5.82 Å². The minimum Gasteiger partial charge on any atom is -0.457 e. The Hall–Kier alpha value is -2.60. The third kappa shape index (κ3) is 2.87. The number of halogens is 2. The lowest BCUT2D eigenvalue weighted by Crippen LogP contribution is -2.15. The predicted octanol–water partition coefficient (Wildman–Crippen LogP) is 3.45. The Morgan fingerprint density at radius 1 is 1.18 bits per heavy atom. The highest BCUT2D eigenvalue weighted by Gasteiger charge is 2.07. The molecule has 5 nitrogen and oxygen atoms in total. The standard InChI is InChI=1S/C15H11ClFN3O2/c1-9-18-19-15(21)20(9)12-2-4-13(5-3-12)22-14-7-10(16)6-11(17)8-14/h2-8H,1H3,(H,19,21). The van der Waals surface area contributed by atoms with Gasteiger partial charge in [-0.3, -0.25) is 0 Å². The van der Waals surface area contributed by atoms with Gasteiger partial charge in [0.05, 0.1) is 5.69 Å². The summed E-state index contributed by atoms with van der Waals surface area (Å²) in [5.74, 6) is 0.879.